The molecule has 4 N–H and O–H groups in total. The molecule has 2 aromatic heterocycles. The minimum atomic E-state index is -0.153. The Balaban J connectivity index is 1.67. The number of aromatic amines is 1. The van der Waals surface area contributed by atoms with E-state index in [0.717, 1.165) is 28.2 Å². The number of hydrogen-bond donors (Lipinski definition) is 4. The van der Waals surface area contributed by atoms with Crippen LogP contribution in [0.1, 0.15) is 15.9 Å². The molecule has 0 bridgehead atoms. The molecule has 7 heteroatoms. The number of aliphatic imine (C=N–C) groups is 1. The quantitative estimate of drug-likeness (QED) is 0.433. The van der Waals surface area contributed by atoms with E-state index in [1.807, 2.05) is 37.4 Å². The van der Waals surface area contributed by atoms with Gasteiger partial charge in [-0.15, -0.1) is 0 Å². The molecule has 0 aliphatic carbocycles. The second kappa shape index (κ2) is 7.48. The molecule has 1 amide bonds. The van der Waals surface area contributed by atoms with E-state index in [2.05, 4.69) is 30.9 Å². The van der Waals surface area contributed by atoms with Crippen molar-refractivity contribution in [2.24, 2.45) is 4.99 Å². The van der Waals surface area contributed by atoms with Crippen LogP contribution in [0.4, 0.5) is 5.69 Å². The predicted molar refractivity (Wildman–Crippen MR) is 99.7 cm³/mol. The summed E-state index contributed by atoms with van der Waals surface area (Å²) in [5, 5.41) is 9.94. The smallest absolute Gasteiger partial charge is 0.255 e. The van der Waals surface area contributed by atoms with Gasteiger partial charge in [-0.05, 0) is 29.8 Å². The molecule has 0 aliphatic rings. The zero-order chi connectivity index (χ0) is 17.6. The van der Waals surface area contributed by atoms with E-state index in [-0.39, 0.29) is 5.91 Å². The van der Waals surface area contributed by atoms with Gasteiger partial charge in [0.05, 0.1) is 5.69 Å². The zero-order valence-corrected chi connectivity index (χ0v) is 14.1. The molecule has 0 atom stereocenters. The van der Waals surface area contributed by atoms with Gasteiger partial charge >= 0.3 is 0 Å². The van der Waals surface area contributed by atoms with E-state index >= 15 is 0 Å². The fourth-order valence-electron chi connectivity index (χ4n) is 2.50. The van der Waals surface area contributed by atoms with Gasteiger partial charge < -0.3 is 20.9 Å². The number of nitrogens with one attached hydrogen (secondary N) is 4. The molecule has 0 unspecified atom stereocenters. The average Bonchev–Trinajstić information content (AvgIpc) is 3.13. The van der Waals surface area contributed by atoms with Crippen molar-refractivity contribution in [3.05, 3.63) is 59.9 Å². The third-order valence-electron chi connectivity index (χ3n) is 3.84. The number of amides is 1. The van der Waals surface area contributed by atoms with Crippen LogP contribution >= 0.6 is 0 Å². The van der Waals surface area contributed by atoms with Crippen LogP contribution in [0.2, 0.25) is 0 Å². The minimum absolute atomic E-state index is 0.153. The fourth-order valence-corrected chi connectivity index (χ4v) is 2.50. The van der Waals surface area contributed by atoms with Gasteiger partial charge in [0.25, 0.3) is 5.91 Å². The first-order valence-electron chi connectivity index (χ1n) is 7.92. The maximum absolute atomic E-state index is 12.5. The first-order chi connectivity index (χ1) is 12.2. The number of nitrogens with zero attached hydrogens (tertiary/aromatic N) is 2. The Hall–Kier alpha value is -3.35. The Bertz CT molecular complexity index is 897. The first kappa shape index (κ1) is 16.5. The second-order valence-electron chi connectivity index (χ2n) is 5.43. The highest BCUT2D eigenvalue weighted by Crippen LogP contribution is 2.21. The highest BCUT2D eigenvalue weighted by atomic mass is 16.1. The van der Waals surface area contributed by atoms with Crippen LogP contribution in [-0.2, 0) is 6.54 Å². The van der Waals surface area contributed by atoms with Crippen molar-refractivity contribution in [3.8, 4) is 0 Å². The maximum atomic E-state index is 12.5. The Kier molecular flexibility index (Phi) is 4.94. The van der Waals surface area contributed by atoms with Gasteiger partial charge in [0.2, 0.25) is 0 Å². The molecular formula is C18H20N6O. The number of rotatable bonds is 4. The van der Waals surface area contributed by atoms with Crippen molar-refractivity contribution < 1.29 is 4.79 Å². The molecule has 128 valence electrons. The standard InChI is InChI=1S/C18H20N6O/c1-19-18(20-2)23-11-12-3-5-13(6-4-12)17(25)24-15-8-10-22-16-14(15)7-9-21-16/h3-10H,11H2,1-2H3,(H2,19,20,23)(H2,21,22,24,25). The maximum Gasteiger partial charge on any atom is 0.255 e. The highest BCUT2D eigenvalue weighted by molar-refractivity contribution is 6.08. The van der Waals surface area contributed by atoms with Gasteiger partial charge in [0, 0.05) is 44.0 Å². The summed E-state index contributed by atoms with van der Waals surface area (Å²) in [6, 6.07) is 11.1. The number of carbonyl (C=O) groups excluding carboxylic acids is 1. The molecule has 3 rings (SSSR count). The number of fused-ring (bicyclic) bond motifs is 1. The molecule has 25 heavy (non-hydrogen) atoms. The molecule has 1 aromatic carbocycles. The van der Waals surface area contributed by atoms with Crippen LogP contribution in [0.25, 0.3) is 11.0 Å². The van der Waals surface area contributed by atoms with Crippen molar-refractivity contribution in [1.82, 2.24) is 20.6 Å². The minimum Gasteiger partial charge on any atom is -0.359 e. The lowest BCUT2D eigenvalue weighted by molar-refractivity contribution is 0.102. The van der Waals surface area contributed by atoms with Crippen LogP contribution in [0.5, 0.6) is 0 Å². The molecule has 7 nitrogen and oxygen atoms in total. The molecule has 0 fully saturated rings. The SMILES string of the molecule is C/N=C(/NC)NCc1ccc(C(=O)Nc2ccnc3[nH]ccc23)cc1. The first-order valence-corrected chi connectivity index (χ1v) is 7.92. The van der Waals surface area contributed by atoms with Crippen molar-refractivity contribution in [2.45, 2.75) is 6.54 Å². The second-order valence-corrected chi connectivity index (χ2v) is 5.43. The summed E-state index contributed by atoms with van der Waals surface area (Å²) >= 11 is 0. The van der Waals surface area contributed by atoms with Gasteiger partial charge in [0.1, 0.15) is 5.65 Å². The molecule has 0 saturated heterocycles. The van der Waals surface area contributed by atoms with E-state index in [1.165, 1.54) is 0 Å². The lowest BCUT2D eigenvalue weighted by Crippen LogP contribution is -2.34. The number of anilines is 1. The summed E-state index contributed by atoms with van der Waals surface area (Å²) in [4.78, 5) is 23.8. The largest absolute Gasteiger partial charge is 0.359 e. The van der Waals surface area contributed by atoms with Crippen molar-refractivity contribution in [3.63, 3.8) is 0 Å². The summed E-state index contributed by atoms with van der Waals surface area (Å²) in [5.74, 6) is 0.564. The predicted octanol–water partition coefficient (Wildman–Crippen LogP) is 2.11. The Labute approximate surface area is 145 Å². The van der Waals surface area contributed by atoms with Gasteiger partial charge in [-0.2, -0.15) is 0 Å². The monoisotopic (exact) mass is 336 g/mol. The lowest BCUT2D eigenvalue weighted by atomic mass is 10.1. The van der Waals surface area contributed by atoms with Gasteiger partial charge in [-0.3, -0.25) is 9.79 Å². The molecule has 3 aromatic rings. The van der Waals surface area contributed by atoms with E-state index in [4.69, 9.17) is 0 Å². The number of aromatic nitrogens is 2. The molecule has 0 spiro atoms. The number of benzene rings is 1. The van der Waals surface area contributed by atoms with Crippen LogP contribution in [0.15, 0.2) is 53.8 Å². The van der Waals surface area contributed by atoms with Gasteiger partial charge in [-0.1, -0.05) is 12.1 Å². The molecule has 0 saturated carbocycles. The molecular weight excluding hydrogens is 316 g/mol. The van der Waals surface area contributed by atoms with Gasteiger partial charge in [-0.25, -0.2) is 4.98 Å². The Morgan fingerprint density at radius 1 is 1.20 bits per heavy atom. The number of H-pyrrole nitrogens is 1. The van der Waals surface area contributed by atoms with E-state index < -0.39 is 0 Å². The number of hydrogen-bond acceptors (Lipinski definition) is 3. The zero-order valence-electron chi connectivity index (χ0n) is 14.1. The van der Waals surface area contributed by atoms with Crippen molar-refractivity contribution in [1.29, 1.82) is 0 Å². The summed E-state index contributed by atoms with van der Waals surface area (Å²) < 4.78 is 0. The number of carbonyl (C=O) groups is 1. The molecule has 0 aliphatic heterocycles. The van der Waals surface area contributed by atoms with Crippen molar-refractivity contribution >= 4 is 28.6 Å². The van der Waals surface area contributed by atoms with Gasteiger partial charge in [0.15, 0.2) is 5.96 Å². The third-order valence-corrected chi connectivity index (χ3v) is 3.84. The van der Waals surface area contributed by atoms with Crippen LogP contribution < -0.4 is 16.0 Å². The number of guanidine groups is 1. The Morgan fingerprint density at radius 3 is 2.72 bits per heavy atom. The summed E-state index contributed by atoms with van der Waals surface area (Å²) in [6.45, 7) is 0.629. The average molecular weight is 336 g/mol. The molecule has 2 heterocycles. The summed E-state index contributed by atoms with van der Waals surface area (Å²) in [7, 11) is 3.52. The summed E-state index contributed by atoms with van der Waals surface area (Å²) in [6.07, 6.45) is 3.46. The Morgan fingerprint density at radius 2 is 2.00 bits per heavy atom. The van der Waals surface area contributed by atoms with Crippen molar-refractivity contribution in [2.75, 3.05) is 19.4 Å². The van der Waals surface area contributed by atoms with Crippen LogP contribution in [0, 0.1) is 0 Å². The highest BCUT2D eigenvalue weighted by Gasteiger charge is 2.09. The third kappa shape index (κ3) is 3.77. The molecule has 0 radical (unpaired) electrons. The van der Waals surface area contributed by atoms with E-state index in [0.29, 0.717) is 12.1 Å². The van der Waals surface area contributed by atoms with E-state index in [9.17, 15) is 4.79 Å². The summed E-state index contributed by atoms with van der Waals surface area (Å²) in [5.41, 5.74) is 3.14. The van der Waals surface area contributed by atoms with E-state index in [1.54, 1.807) is 25.5 Å². The van der Waals surface area contributed by atoms with Crippen LogP contribution in [0.3, 0.4) is 0 Å². The fraction of sp³-hybridized carbons (Fsp3) is 0.167. The lowest BCUT2D eigenvalue weighted by Gasteiger charge is -2.09. The number of pyridine rings is 1. The topological polar surface area (TPSA) is 94.2 Å². The van der Waals surface area contributed by atoms with Crippen LogP contribution in [-0.4, -0.2) is 35.9 Å². The normalized spacial score (nSPS) is 11.4.